The van der Waals surface area contributed by atoms with Gasteiger partial charge in [-0.05, 0) is 62.9 Å². The largest absolute Gasteiger partial charge is 0.459 e. The Morgan fingerprint density at radius 1 is 1.09 bits per heavy atom. The molecule has 2 aromatic heterocycles. The Morgan fingerprint density at radius 2 is 1.81 bits per heavy atom. The van der Waals surface area contributed by atoms with Crippen LogP contribution in [0.15, 0.2) is 59.5 Å². The molecule has 1 saturated carbocycles. The number of furan rings is 1. The highest BCUT2D eigenvalue weighted by Crippen LogP contribution is 2.35. The molecular weight excluding hydrogens is 402 g/mol. The van der Waals surface area contributed by atoms with Crippen LogP contribution in [-0.4, -0.2) is 22.8 Å². The molecule has 1 N–H and O–H groups in total. The molecule has 1 fully saturated rings. The summed E-state index contributed by atoms with van der Waals surface area (Å²) in [4.78, 5) is 33.3. The molecule has 4 rings (SSSR count). The minimum Gasteiger partial charge on any atom is -0.459 e. The molecule has 3 aromatic rings. The lowest BCUT2D eigenvalue weighted by Crippen LogP contribution is -2.46. The molecule has 6 nitrogen and oxygen atoms in total. The normalized spacial score (nSPS) is 14.8. The van der Waals surface area contributed by atoms with Crippen LogP contribution in [0.2, 0.25) is 0 Å². The number of carbonyl (C=O) groups excluding carboxylic acids is 2. The zero-order valence-corrected chi connectivity index (χ0v) is 18.8. The molecule has 2 amide bonds. The SMILES string of the molecule is Cc1cc(C)c(N(C(=O)c2ccco2)[C@@H](C(=O)NC2CCCC2)c2cccnc2)c(C)c1. The lowest BCUT2D eigenvalue weighted by atomic mass is 9.98. The fraction of sp³-hybridized carbons (Fsp3) is 0.346. The molecular formula is C26H29N3O3. The number of hydrogen-bond donors (Lipinski definition) is 1. The summed E-state index contributed by atoms with van der Waals surface area (Å²) in [5, 5.41) is 3.19. The molecule has 166 valence electrons. The Morgan fingerprint density at radius 3 is 2.41 bits per heavy atom. The number of benzene rings is 1. The zero-order valence-electron chi connectivity index (χ0n) is 18.8. The van der Waals surface area contributed by atoms with E-state index >= 15 is 0 Å². The second-order valence-corrected chi connectivity index (χ2v) is 8.58. The van der Waals surface area contributed by atoms with Gasteiger partial charge in [-0.25, -0.2) is 0 Å². The Hall–Kier alpha value is -3.41. The number of aromatic nitrogens is 1. The fourth-order valence-corrected chi connectivity index (χ4v) is 4.72. The number of amides is 2. The lowest BCUT2D eigenvalue weighted by Gasteiger charge is -2.33. The van der Waals surface area contributed by atoms with Crippen LogP contribution >= 0.6 is 0 Å². The summed E-state index contributed by atoms with van der Waals surface area (Å²) in [7, 11) is 0. The van der Waals surface area contributed by atoms with Gasteiger partial charge >= 0.3 is 0 Å². The first-order chi connectivity index (χ1) is 15.5. The van der Waals surface area contributed by atoms with Crippen LogP contribution in [-0.2, 0) is 4.79 Å². The molecule has 0 spiro atoms. The van der Waals surface area contributed by atoms with Crippen LogP contribution in [0, 0.1) is 20.8 Å². The molecule has 32 heavy (non-hydrogen) atoms. The summed E-state index contributed by atoms with van der Waals surface area (Å²) in [6.45, 7) is 5.95. The van der Waals surface area contributed by atoms with Crippen molar-refractivity contribution in [2.75, 3.05) is 4.90 Å². The van der Waals surface area contributed by atoms with Crippen LogP contribution in [0.1, 0.15) is 64.5 Å². The minimum absolute atomic E-state index is 0.127. The third kappa shape index (κ3) is 4.44. The van der Waals surface area contributed by atoms with Gasteiger partial charge in [0, 0.05) is 24.0 Å². The molecule has 0 unspecified atom stereocenters. The topological polar surface area (TPSA) is 75.4 Å². The zero-order chi connectivity index (χ0) is 22.7. The van der Waals surface area contributed by atoms with E-state index in [1.165, 1.54) is 6.26 Å². The third-order valence-electron chi connectivity index (χ3n) is 6.04. The monoisotopic (exact) mass is 431 g/mol. The molecule has 0 aliphatic heterocycles. The van der Waals surface area contributed by atoms with E-state index in [-0.39, 0.29) is 23.6 Å². The first kappa shape index (κ1) is 21.8. The molecule has 1 aliphatic rings. The summed E-state index contributed by atoms with van der Waals surface area (Å²) in [6, 6.07) is 10.2. The summed E-state index contributed by atoms with van der Waals surface area (Å²) in [5.74, 6) is -0.378. The van der Waals surface area contributed by atoms with Crippen molar-refractivity contribution in [1.29, 1.82) is 0 Å². The number of rotatable bonds is 6. The second-order valence-electron chi connectivity index (χ2n) is 8.58. The van der Waals surface area contributed by atoms with Gasteiger partial charge in [0.15, 0.2) is 5.76 Å². The van der Waals surface area contributed by atoms with E-state index in [4.69, 9.17) is 4.42 Å². The molecule has 6 heteroatoms. The number of carbonyl (C=O) groups is 2. The molecule has 1 aliphatic carbocycles. The Kier molecular flexibility index (Phi) is 6.40. The Bertz CT molecular complexity index is 1060. The second kappa shape index (κ2) is 9.39. The van der Waals surface area contributed by atoms with Crippen molar-refractivity contribution in [3.8, 4) is 0 Å². The molecule has 2 heterocycles. The maximum absolute atomic E-state index is 13.8. The van der Waals surface area contributed by atoms with Gasteiger partial charge in [0.25, 0.3) is 5.91 Å². The van der Waals surface area contributed by atoms with E-state index in [0.717, 1.165) is 42.4 Å². The van der Waals surface area contributed by atoms with Gasteiger partial charge in [0.05, 0.1) is 12.0 Å². The minimum atomic E-state index is -0.873. The highest BCUT2D eigenvalue weighted by atomic mass is 16.3. The highest BCUT2D eigenvalue weighted by Gasteiger charge is 2.37. The van der Waals surface area contributed by atoms with E-state index in [1.807, 2.05) is 39.0 Å². The first-order valence-corrected chi connectivity index (χ1v) is 11.1. The summed E-state index contributed by atoms with van der Waals surface area (Å²) in [5.41, 5.74) is 4.31. The van der Waals surface area contributed by atoms with Crippen LogP contribution in [0.5, 0.6) is 0 Å². The number of hydrogen-bond acceptors (Lipinski definition) is 4. The molecule has 0 bridgehead atoms. The predicted octanol–water partition coefficient (Wildman–Crippen LogP) is 5.05. The third-order valence-corrected chi connectivity index (χ3v) is 6.04. The Balaban J connectivity index is 1.86. The van der Waals surface area contributed by atoms with Crippen LogP contribution in [0.3, 0.4) is 0 Å². The average Bonchev–Trinajstić information content (AvgIpc) is 3.47. The van der Waals surface area contributed by atoms with E-state index < -0.39 is 6.04 Å². The van der Waals surface area contributed by atoms with Crippen molar-refractivity contribution in [3.05, 3.63) is 83.1 Å². The summed E-state index contributed by atoms with van der Waals surface area (Å²) in [6.07, 6.45) is 8.91. The van der Waals surface area contributed by atoms with Crippen LogP contribution < -0.4 is 10.2 Å². The molecule has 0 saturated heterocycles. The average molecular weight is 432 g/mol. The van der Waals surface area contributed by atoms with Gasteiger partial charge in [-0.3, -0.25) is 19.5 Å². The number of pyridine rings is 1. The maximum Gasteiger partial charge on any atom is 0.294 e. The summed E-state index contributed by atoms with van der Waals surface area (Å²) < 4.78 is 5.46. The van der Waals surface area contributed by atoms with E-state index in [9.17, 15) is 9.59 Å². The highest BCUT2D eigenvalue weighted by molar-refractivity contribution is 6.09. The van der Waals surface area contributed by atoms with Crippen molar-refractivity contribution in [3.63, 3.8) is 0 Å². The van der Waals surface area contributed by atoms with Gasteiger partial charge in [-0.2, -0.15) is 0 Å². The number of nitrogens with zero attached hydrogens (tertiary/aromatic N) is 2. The smallest absolute Gasteiger partial charge is 0.294 e. The van der Waals surface area contributed by atoms with Crippen molar-refractivity contribution < 1.29 is 14.0 Å². The van der Waals surface area contributed by atoms with Crippen molar-refractivity contribution in [2.24, 2.45) is 0 Å². The van der Waals surface area contributed by atoms with E-state index in [2.05, 4.69) is 10.3 Å². The van der Waals surface area contributed by atoms with Gasteiger partial charge in [-0.15, -0.1) is 0 Å². The standard InChI is InChI=1S/C26H29N3O3/c1-17-14-18(2)23(19(3)15-17)29(26(31)22-11-7-13-32-22)24(20-8-6-12-27-16-20)25(30)28-21-9-4-5-10-21/h6-8,11-16,21,24H,4-5,9-10H2,1-3H3,(H,28,30)/t24-/m1/s1. The molecule has 1 atom stereocenters. The predicted molar refractivity (Wildman–Crippen MR) is 124 cm³/mol. The van der Waals surface area contributed by atoms with Crippen molar-refractivity contribution in [2.45, 2.75) is 58.5 Å². The number of anilines is 1. The first-order valence-electron chi connectivity index (χ1n) is 11.1. The van der Waals surface area contributed by atoms with Crippen molar-refractivity contribution >= 4 is 17.5 Å². The number of nitrogens with one attached hydrogen (secondary N) is 1. The maximum atomic E-state index is 13.8. The van der Waals surface area contributed by atoms with Crippen LogP contribution in [0.25, 0.3) is 0 Å². The van der Waals surface area contributed by atoms with Gasteiger partial charge in [-0.1, -0.05) is 36.6 Å². The Labute approximate surface area is 188 Å². The lowest BCUT2D eigenvalue weighted by molar-refractivity contribution is -0.123. The van der Waals surface area contributed by atoms with Crippen molar-refractivity contribution in [1.82, 2.24) is 10.3 Å². The molecule has 1 aromatic carbocycles. The van der Waals surface area contributed by atoms with E-state index in [1.54, 1.807) is 35.5 Å². The summed E-state index contributed by atoms with van der Waals surface area (Å²) >= 11 is 0. The van der Waals surface area contributed by atoms with Gasteiger partial charge in [0.2, 0.25) is 5.91 Å². The number of aryl methyl sites for hydroxylation is 3. The van der Waals surface area contributed by atoms with Crippen LogP contribution in [0.4, 0.5) is 5.69 Å². The molecule has 0 radical (unpaired) electrons. The fourth-order valence-electron chi connectivity index (χ4n) is 4.72. The quantitative estimate of drug-likeness (QED) is 0.593. The van der Waals surface area contributed by atoms with Gasteiger partial charge in [0.1, 0.15) is 6.04 Å². The van der Waals surface area contributed by atoms with Gasteiger partial charge < -0.3 is 9.73 Å². The van der Waals surface area contributed by atoms with E-state index in [0.29, 0.717) is 11.3 Å².